The van der Waals surface area contributed by atoms with E-state index >= 15 is 0 Å². The van der Waals surface area contributed by atoms with Crippen molar-refractivity contribution in [1.29, 1.82) is 0 Å². The molecule has 0 amide bonds. The van der Waals surface area contributed by atoms with Gasteiger partial charge < -0.3 is 10.2 Å². The van der Waals surface area contributed by atoms with E-state index in [1.165, 1.54) is 44.9 Å². The Labute approximate surface area is 194 Å². The molecule has 0 radical (unpaired) electrons. The Bertz CT molecular complexity index is 933. The molecule has 2 N–H and O–H groups in total. The van der Waals surface area contributed by atoms with Gasteiger partial charge >= 0.3 is 10.1 Å². The number of benzene rings is 2. The largest absolute Gasteiger partial charge is 0.346 e. The Hall–Kier alpha value is -2.05. The van der Waals surface area contributed by atoms with Gasteiger partial charge in [-0.05, 0) is 24.1 Å². The molecule has 0 saturated carbocycles. The average molecular weight is 459 g/mol. The first kappa shape index (κ1) is 24.6. The lowest BCUT2D eigenvalue weighted by atomic mass is 10.0. The summed E-state index contributed by atoms with van der Waals surface area (Å²) in [6, 6.07) is 17.4. The molecule has 0 aromatic heterocycles. The summed E-state index contributed by atoms with van der Waals surface area (Å²) in [5.41, 5.74) is 2.55. The summed E-state index contributed by atoms with van der Waals surface area (Å²) in [6.07, 6.45) is 12.1. The third kappa shape index (κ3) is 6.04. The molecule has 6 heteroatoms. The van der Waals surface area contributed by atoms with Gasteiger partial charge in [0, 0.05) is 13.0 Å². The van der Waals surface area contributed by atoms with Gasteiger partial charge in [0.2, 0.25) is 4.99 Å². The molecule has 1 heterocycles. The molecule has 0 spiro atoms. The van der Waals surface area contributed by atoms with Crippen LogP contribution in [0.4, 0.5) is 11.4 Å². The second kappa shape index (κ2) is 11.7. The van der Waals surface area contributed by atoms with Crippen molar-refractivity contribution in [1.82, 2.24) is 0 Å². The van der Waals surface area contributed by atoms with E-state index in [1.807, 2.05) is 59.5 Å². The van der Waals surface area contributed by atoms with Crippen LogP contribution < -0.4 is 10.2 Å². The van der Waals surface area contributed by atoms with Crippen LogP contribution in [0.1, 0.15) is 83.1 Å². The number of unbranched alkanes of at least 4 members (excludes halogenated alkanes) is 9. The van der Waals surface area contributed by atoms with E-state index in [-0.39, 0.29) is 0 Å². The van der Waals surface area contributed by atoms with Crippen molar-refractivity contribution in [3.8, 4) is 0 Å². The molecule has 2 aromatic rings. The molecular formula is C26H38N2O3S. The Morgan fingerprint density at radius 1 is 0.812 bits per heavy atom. The standard InChI is InChI=1S/C26H38N2O3S/c1-2-3-4-5-6-7-8-9-10-16-21-26(32(29,30)31)27-24-19-14-15-20-25(24)28(26)22-23-17-12-11-13-18-23/h11-15,17-20,27H,2-10,16,21-22H2,1H3,(H,29,30,31). The van der Waals surface area contributed by atoms with Gasteiger partial charge in [-0.1, -0.05) is 107 Å². The van der Waals surface area contributed by atoms with Crippen LogP contribution in [0, 0.1) is 0 Å². The molecule has 1 aliphatic rings. The molecule has 0 bridgehead atoms. The summed E-state index contributed by atoms with van der Waals surface area (Å²) < 4.78 is 35.9. The predicted octanol–water partition coefficient (Wildman–Crippen LogP) is 6.97. The second-order valence-corrected chi connectivity index (χ2v) is 10.5. The quantitative estimate of drug-likeness (QED) is 0.236. The molecule has 176 valence electrons. The minimum absolute atomic E-state index is 0.337. The van der Waals surface area contributed by atoms with Crippen LogP contribution in [0.5, 0.6) is 0 Å². The van der Waals surface area contributed by atoms with Gasteiger partial charge in [0.25, 0.3) is 0 Å². The van der Waals surface area contributed by atoms with Crippen molar-refractivity contribution in [3.05, 3.63) is 60.2 Å². The summed E-state index contributed by atoms with van der Waals surface area (Å²) in [4.78, 5) is 0.285. The van der Waals surface area contributed by atoms with Crippen molar-refractivity contribution >= 4 is 21.5 Å². The topological polar surface area (TPSA) is 69.6 Å². The monoisotopic (exact) mass is 458 g/mol. The number of anilines is 2. The number of fused-ring (bicyclic) bond motifs is 1. The third-order valence-electron chi connectivity index (χ3n) is 6.44. The maximum Gasteiger partial charge on any atom is 0.308 e. The molecule has 0 aliphatic carbocycles. The van der Waals surface area contributed by atoms with Crippen LogP contribution in [-0.2, 0) is 16.7 Å². The van der Waals surface area contributed by atoms with Gasteiger partial charge in [-0.15, -0.1) is 0 Å². The molecule has 32 heavy (non-hydrogen) atoms. The first-order valence-corrected chi connectivity index (χ1v) is 13.6. The highest BCUT2D eigenvalue weighted by Gasteiger charge is 2.52. The second-order valence-electron chi connectivity index (χ2n) is 8.91. The van der Waals surface area contributed by atoms with E-state index in [4.69, 9.17) is 0 Å². The van der Waals surface area contributed by atoms with E-state index in [0.717, 1.165) is 36.2 Å². The highest BCUT2D eigenvalue weighted by Crippen LogP contribution is 2.45. The van der Waals surface area contributed by atoms with Crippen molar-refractivity contribution in [2.24, 2.45) is 0 Å². The normalized spacial score (nSPS) is 17.9. The molecule has 1 atom stereocenters. The van der Waals surface area contributed by atoms with Crippen molar-refractivity contribution in [3.63, 3.8) is 0 Å². The zero-order chi connectivity index (χ0) is 22.9. The number of hydrogen-bond donors (Lipinski definition) is 2. The zero-order valence-electron chi connectivity index (χ0n) is 19.3. The summed E-state index contributed by atoms with van der Waals surface area (Å²) in [7, 11) is -4.40. The average Bonchev–Trinajstić information content (AvgIpc) is 3.10. The SMILES string of the molecule is CCCCCCCCCCCCC1(S(=O)(=O)O)Nc2ccccc2N1Cc1ccccc1. The molecular weight excluding hydrogens is 420 g/mol. The van der Waals surface area contributed by atoms with Gasteiger partial charge in [-0.25, -0.2) is 0 Å². The first-order valence-electron chi connectivity index (χ1n) is 12.1. The molecule has 0 fully saturated rings. The number of nitrogens with one attached hydrogen (secondary N) is 1. The van der Waals surface area contributed by atoms with Crippen molar-refractivity contribution < 1.29 is 13.0 Å². The van der Waals surface area contributed by atoms with Crippen molar-refractivity contribution in [2.45, 2.75) is 89.1 Å². The Morgan fingerprint density at radius 2 is 1.38 bits per heavy atom. The van der Waals surface area contributed by atoms with Gasteiger partial charge in [0.05, 0.1) is 11.4 Å². The Kier molecular flexibility index (Phi) is 9.00. The van der Waals surface area contributed by atoms with Gasteiger partial charge in [-0.2, -0.15) is 8.42 Å². The predicted molar refractivity (Wildman–Crippen MR) is 133 cm³/mol. The zero-order valence-corrected chi connectivity index (χ0v) is 20.1. The smallest absolute Gasteiger partial charge is 0.308 e. The van der Waals surface area contributed by atoms with Crippen LogP contribution in [0.2, 0.25) is 0 Å². The number of hydrogen-bond acceptors (Lipinski definition) is 4. The van der Waals surface area contributed by atoms with Gasteiger partial charge in [0.1, 0.15) is 0 Å². The molecule has 5 nitrogen and oxygen atoms in total. The molecule has 0 saturated heterocycles. The molecule has 2 aromatic carbocycles. The van der Waals surface area contributed by atoms with E-state index in [2.05, 4.69) is 12.2 Å². The minimum Gasteiger partial charge on any atom is -0.346 e. The maximum atomic E-state index is 12.8. The lowest BCUT2D eigenvalue weighted by Gasteiger charge is -2.37. The minimum atomic E-state index is -4.40. The summed E-state index contributed by atoms with van der Waals surface area (Å²) in [5.74, 6) is 0. The van der Waals surface area contributed by atoms with E-state index in [0.29, 0.717) is 13.0 Å². The molecule has 1 unspecified atom stereocenters. The van der Waals surface area contributed by atoms with Crippen LogP contribution >= 0.6 is 0 Å². The lowest BCUT2D eigenvalue weighted by Crippen LogP contribution is -2.56. The summed E-state index contributed by atoms with van der Waals surface area (Å²) in [6.45, 7) is 2.64. The van der Waals surface area contributed by atoms with Gasteiger partial charge in [0.15, 0.2) is 0 Å². The summed E-state index contributed by atoms with van der Waals surface area (Å²) in [5, 5.41) is 3.18. The highest BCUT2D eigenvalue weighted by molar-refractivity contribution is 7.87. The van der Waals surface area contributed by atoms with Crippen LogP contribution in [0.3, 0.4) is 0 Å². The first-order chi connectivity index (χ1) is 15.5. The Balaban J connectivity index is 1.64. The van der Waals surface area contributed by atoms with E-state index in [1.54, 1.807) is 0 Å². The fourth-order valence-electron chi connectivity index (χ4n) is 4.65. The third-order valence-corrected chi connectivity index (χ3v) is 7.82. The number of para-hydroxylation sites is 2. The highest BCUT2D eigenvalue weighted by atomic mass is 32.2. The fourth-order valence-corrected chi connectivity index (χ4v) is 5.73. The van der Waals surface area contributed by atoms with Crippen molar-refractivity contribution in [2.75, 3.05) is 10.2 Å². The van der Waals surface area contributed by atoms with Crippen LogP contribution in [-0.4, -0.2) is 18.0 Å². The number of nitrogens with zero attached hydrogens (tertiary/aromatic N) is 1. The van der Waals surface area contributed by atoms with Gasteiger partial charge in [-0.3, -0.25) is 4.55 Å². The maximum absolute atomic E-state index is 12.8. The van der Waals surface area contributed by atoms with Crippen LogP contribution in [0.15, 0.2) is 54.6 Å². The molecule has 3 rings (SSSR count). The number of rotatable bonds is 14. The van der Waals surface area contributed by atoms with E-state index in [9.17, 15) is 13.0 Å². The van der Waals surface area contributed by atoms with Crippen LogP contribution in [0.25, 0.3) is 0 Å². The van der Waals surface area contributed by atoms with E-state index < -0.39 is 15.1 Å². The Morgan fingerprint density at radius 3 is 2.00 bits per heavy atom. The summed E-state index contributed by atoms with van der Waals surface area (Å²) >= 11 is 0. The fraction of sp³-hybridized carbons (Fsp3) is 0.538. The molecule has 1 aliphatic heterocycles. The lowest BCUT2D eigenvalue weighted by molar-refractivity contribution is 0.408.